The van der Waals surface area contributed by atoms with Crippen LogP contribution in [-0.4, -0.2) is 37.8 Å². The Hall–Kier alpha value is -1.37. The lowest BCUT2D eigenvalue weighted by Crippen LogP contribution is -2.54. The van der Waals surface area contributed by atoms with E-state index < -0.39 is 17.6 Å². The van der Waals surface area contributed by atoms with Crippen molar-refractivity contribution in [3.05, 3.63) is 16.3 Å². The number of nitrogens with two attached hydrogens (primary N) is 1. The van der Waals surface area contributed by atoms with Gasteiger partial charge in [0.05, 0.1) is 0 Å². The minimum absolute atomic E-state index is 0.0124. The first kappa shape index (κ1) is 12.1. The average Bonchev–Trinajstić information content (AvgIpc) is 2.71. The van der Waals surface area contributed by atoms with E-state index in [1.165, 1.54) is 18.4 Å². The highest BCUT2D eigenvalue weighted by Gasteiger charge is 2.47. The summed E-state index contributed by atoms with van der Waals surface area (Å²) < 4.78 is 14.2. The Morgan fingerprint density at radius 3 is 2.88 bits per heavy atom. The van der Waals surface area contributed by atoms with Crippen LogP contribution in [0.5, 0.6) is 0 Å². The molecule has 0 aliphatic carbocycles. The zero-order chi connectivity index (χ0) is 12.8. The van der Waals surface area contributed by atoms with Crippen molar-refractivity contribution in [3.8, 4) is 0 Å². The highest BCUT2D eigenvalue weighted by atomic mass is 32.1. The number of carbonyl (C=O) groups excluding carboxylic acids is 1. The Morgan fingerprint density at radius 2 is 2.35 bits per heavy atom. The fourth-order valence-electron chi connectivity index (χ4n) is 1.69. The van der Waals surface area contributed by atoms with Crippen LogP contribution in [0.25, 0.3) is 0 Å². The lowest BCUT2D eigenvalue weighted by molar-refractivity contribution is -0.135. The molecule has 0 saturated heterocycles. The van der Waals surface area contributed by atoms with Crippen molar-refractivity contribution in [2.24, 2.45) is 10.7 Å². The minimum Gasteiger partial charge on any atom is -0.369 e. The highest BCUT2D eigenvalue weighted by molar-refractivity contribution is 7.11. The first-order valence-electron chi connectivity index (χ1n) is 4.97. The molecule has 0 bridgehead atoms. The molecule has 1 aliphatic heterocycles. The quantitative estimate of drug-likeness (QED) is 0.707. The summed E-state index contributed by atoms with van der Waals surface area (Å²) >= 11 is 1.27. The maximum absolute atomic E-state index is 14.2. The number of aliphatic imine (C=N–C) groups is 1. The van der Waals surface area contributed by atoms with Gasteiger partial charge in [0.2, 0.25) is 6.17 Å². The molecule has 88 valence electrons. The molecule has 2 radical (unpaired) electrons. The monoisotopic (exact) mass is 251 g/mol. The number of hydrogen-bond acceptors (Lipinski definition) is 4. The molecule has 7 heteroatoms. The van der Waals surface area contributed by atoms with Crippen LogP contribution in [-0.2, 0) is 10.3 Å². The fraction of sp³-hybridized carbons (Fsp3) is 0.400. The maximum atomic E-state index is 14.2. The molecule has 0 fully saturated rings. The molecule has 2 atom stereocenters. The number of amides is 1. The third kappa shape index (κ3) is 1.74. The summed E-state index contributed by atoms with van der Waals surface area (Å²) in [5, 5.41) is 1.68. The molecule has 0 saturated carbocycles. The molecule has 17 heavy (non-hydrogen) atoms. The number of carbonyl (C=O) groups is 1. The van der Waals surface area contributed by atoms with Gasteiger partial charge < -0.3 is 5.73 Å². The van der Waals surface area contributed by atoms with Crippen LogP contribution in [0.4, 0.5) is 4.39 Å². The summed E-state index contributed by atoms with van der Waals surface area (Å²) in [6, 6.07) is 1.62. The van der Waals surface area contributed by atoms with Crippen LogP contribution in [0, 0.1) is 0 Å². The largest absolute Gasteiger partial charge is 0.369 e. The molecule has 1 aromatic heterocycles. The molecule has 2 N–H and O–H groups in total. The van der Waals surface area contributed by atoms with Gasteiger partial charge in [0.15, 0.2) is 5.96 Å². The Morgan fingerprint density at radius 1 is 1.71 bits per heavy atom. The highest BCUT2D eigenvalue weighted by Crippen LogP contribution is 2.37. The normalized spacial score (nSPS) is 29.4. The molecule has 2 heterocycles. The summed E-state index contributed by atoms with van der Waals surface area (Å²) in [7, 11) is 7.00. The summed E-state index contributed by atoms with van der Waals surface area (Å²) in [4.78, 5) is 17.4. The Balaban J connectivity index is 2.53. The van der Waals surface area contributed by atoms with E-state index in [4.69, 9.17) is 13.6 Å². The van der Waals surface area contributed by atoms with Gasteiger partial charge >= 0.3 is 0 Å². The van der Waals surface area contributed by atoms with E-state index in [0.29, 0.717) is 10.3 Å². The lowest BCUT2D eigenvalue weighted by Gasteiger charge is -2.35. The number of halogens is 1. The van der Waals surface area contributed by atoms with Crippen LogP contribution < -0.4 is 11.2 Å². The van der Waals surface area contributed by atoms with Gasteiger partial charge in [-0.1, -0.05) is 11.5 Å². The maximum Gasteiger partial charge on any atom is 0.266 e. The van der Waals surface area contributed by atoms with Gasteiger partial charge in [0, 0.05) is 11.9 Å². The summed E-state index contributed by atoms with van der Waals surface area (Å²) in [6.07, 6.45) is -1.75. The average molecular weight is 251 g/mol. The van der Waals surface area contributed by atoms with Crippen molar-refractivity contribution in [1.29, 1.82) is 0 Å². The van der Waals surface area contributed by atoms with Crippen LogP contribution in [0.15, 0.2) is 16.4 Å². The third-order valence-electron chi connectivity index (χ3n) is 2.85. The molecule has 4 nitrogen and oxygen atoms in total. The third-order valence-corrected chi connectivity index (χ3v) is 4.03. The molecule has 0 spiro atoms. The molecule has 1 amide bonds. The standard InChI is InChI=1S/C10H11BFN3OS/c1-10(6-3-5(11)4-17-6)7(12)8(16)15(2)9(13)14-10/h3-4,7H,1-2H3,(H2,13,14)/t7-,10-/m1/s1. The number of hydrogen-bond donors (Lipinski definition) is 1. The fourth-order valence-corrected chi connectivity index (χ4v) is 2.61. The lowest BCUT2D eigenvalue weighted by atomic mass is 9.90. The van der Waals surface area contributed by atoms with Gasteiger partial charge in [-0.15, -0.1) is 11.3 Å². The first-order chi connectivity index (χ1) is 7.86. The van der Waals surface area contributed by atoms with E-state index in [2.05, 4.69) is 4.99 Å². The Kier molecular flexibility index (Phi) is 2.73. The second-order valence-electron chi connectivity index (χ2n) is 4.12. The zero-order valence-electron chi connectivity index (χ0n) is 9.48. The number of alkyl halides is 1. The van der Waals surface area contributed by atoms with Crippen molar-refractivity contribution in [2.45, 2.75) is 18.6 Å². The van der Waals surface area contributed by atoms with Crippen molar-refractivity contribution >= 4 is 36.5 Å². The molecule has 0 unspecified atom stereocenters. The van der Waals surface area contributed by atoms with Crippen LogP contribution in [0.1, 0.15) is 11.8 Å². The number of rotatable bonds is 1. The van der Waals surface area contributed by atoms with Crippen LogP contribution in [0.2, 0.25) is 0 Å². The summed E-state index contributed by atoms with van der Waals surface area (Å²) in [6.45, 7) is 1.54. The predicted octanol–water partition coefficient (Wildman–Crippen LogP) is -0.118. The van der Waals surface area contributed by atoms with Gasteiger partial charge in [0.25, 0.3) is 5.91 Å². The van der Waals surface area contributed by atoms with Crippen molar-refractivity contribution < 1.29 is 9.18 Å². The number of guanidine groups is 1. The van der Waals surface area contributed by atoms with Gasteiger partial charge in [-0.25, -0.2) is 9.38 Å². The molecule has 0 aromatic carbocycles. The van der Waals surface area contributed by atoms with E-state index >= 15 is 0 Å². The first-order valence-corrected chi connectivity index (χ1v) is 5.85. The second-order valence-corrected chi connectivity index (χ2v) is 5.03. The summed E-state index contributed by atoms with van der Waals surface area (Å²) in [5.41, 5.74) is 4.86. The van der Waals surface area contributed by atoms with E-state index in [0.717, 1.165) is 4.90 Å². The SMILES string of the molecule is [B]c1csc([C@@]2(C)N=C(N)N(C)C(=O)[C@H]2F)c1. The Labute approximate surface area is 104 Å². The number of nitrogens with zero attached hydrogens (tertiary/aromatic N) is 2. The van der Waals surface area contributed by atoms with E-state index in [-0.39, 0.29) is 5.96 Å². The van der Waals surface area contributed by atoms with Crippen LogP contribution in [0.3, 0.4) is 0 Å². The van der Waals surface area contributed by atoms with Gasteiger partial charge in [-0.3, -0.25) is 9.69 Å². The zero-order valence-corrected chi connectivity index (χ0v) is 10.3. The van der Waals surface area contributed by atoms with E-state index in [9.17, 15) is 9.18 Å². The molecular formula is C10H11BFN3OS. The van der Waals surface area contributed by atoms with Gasteiger partial charge in [-0.05, 0) is 12.3 Å². The van der Waals surface area contributed by atoms with E-state index in [1.54, 1.807) is 18.4 Å². The van der Waals surface area contributed by atoms with Gasteiger partial charge in [0.1, 0.15) is 13.4 Å². The minimum atomic E-state index is -1.75. The van der Waals surface area contributed by atoms with Crippen molar-refractivity contribution in [1.82, 2.24) is 4.90 Å². The number of thiophene rings is 1. The second kappa shape index (κ2) is 3.84. The van der Waals surface area contributed by atoms with Gasteiger partial charge in [-0.2, -0.15) is 0 Å². The van der Waals surface area contributed by atoms with E-state index in [1.807, 2.05) is 0 Å². The molecule has 1 aromatic rings. The topological polar surface area (TPSA) is 58.7 Å². The van der Waals surface area contributed by atoms with Crippen molar-refractivity contribution in [3.63, 3.8) is 0 Å². The smallest absolute Gasteiger partial charge is 0.266 e. The predicted molar refractivity (Wildman–Crippen MR) is 66.3 cm³/mol. The van der Waals surface area contributed by atoms with Crippen molar-refractivity contribution in [2.75, 3.05) is 7.05 Å². The van der Waals surface area contributed by atoms with Crippen LogP contribution >= 0.6 is 11.3 Å². The molecule has 1 aliphatic rings. The Bertz CT molecular complexity index is 503. The molecule has 2 rings (SSSR count). The molecular weight excluding hydrogens is 240 g/mol. The summed E-state index contributed by atoms with van der Waals surface area (Å²) in [5.74, 6) is -0.676.